The number of rotatable bonds is 6. The minimum Gasteiger partial charge on any atom is -0.445 e. The van der Waals surface area contributed by atoms with E-state index in [1.807, 2.05) is 35.2 Å². The van der Waals surface area contributed by atoms with Crippen molar-refractivity contribution < 1.29 is 14.3 Å². The van der Waals surface area contributed by atoms with E-state index in [2.05, 4.69) is 31.1 Å². The largest absolute Gasteiger partial charge is 0.445 e. The van der Waals surface area contributed by atoms with Crippen LogP contribution >= 0.6 is 0 Å². The van der Waals surface area contributed by atoms with Crippen molar-refractivity contribution in [3.05, 3.63) is 35.9 Å². The third kappa shape index (κ3) is 5.04. The first kappa shape index (κ1) is 20.6. The molecule has 1 atom stereocenters. The maximum absolute atomic E-state index is 12.8. The van der Waals surface area contributed by atoms with Crippen LogP contribution in [0.15, 0.2) is 30.3 Å². The van der Waals surface area contributed by atoms with Gasteiger partial charge >= 0.3 is 6.09 Å². The van der Waals surface area contributed by atoms with Crippen LogP contribution in [0.25, 0.3) is 0 Å². The normalized spacial score (nSPS) is 25.4. The van der Waals surface area contributed by atoms with Crippen LogP contribution in [0.3, 0.4) is 0 Å². The minimum atomic E-state index is -0.522. The lowest BCUT2D eigenvalue weighted by molar-refractivity contribution is -0.132. The number of nitrogens with one attached hydrogen (secondary N) is 1. The Morgan fingerprint density at radius 1 is 1.18 bits per heavy atom. The Kier molecular flexibility index (Phi) is 6.94. The molecule has 1 heterocycles. The lowest BCUT2D eigenvalue weighted by Crippen LogP contribution is -2.48. The second-order valence-corrected chi connectivity index (χ2v) is 8.30. The zero-order chi connectivity index (χ0) is 20.1. The predicted molar refractivity (Wildman–Crippen MR) is 109 cm³/mol. The van der Waals surface area contributed by atoms with Crippen LogP contribution in [0.4, 0.5) is 4.79 Å². The van der Waals surface area contributed by atoms with Gasteiger partial charge in [-0.25, -0.2) is 4.79 Å². The van der Waals surface area contributed by atoms with Gasteiger partial charge in [0.05, 0.1) is 0 Å². The van der Waals surface area contributed by atoms with E-state index in [0.717, 1.165) is 37.8 Å². The predicted octanol–water partition coefficient (Wildman–Crippen LogP) is 3.17. The molecule has 2 fully saturated rings. The summed E-state index contributed by atoms with van der Waals surface area (Å²) in [6, 6.07) is 10.5. The summed E-state index contributed by atoms with van der Waals surface area (Å²) >= 11 is 0. The van der Waals surface area contributed by atoms with Crippen LogP contribution < -0.4 is 5.32 Å². The highest BCUT2D eigenvalue weighted by Gasteiger charge is 2.38. The number of carbonyl (C=O) groups excluding carboxylic acids is 2. The van der Waals surface area contributed by atoms with Crippen molar-refractivity contribution in [1.82, 2.24) is 15.1 Å². The zero-order valence-corrected chi connectivity index (χ0v) is 17.3. The summed E-state index contributed by atoms with van der Waals surface area (Å²) in [5.74, 6) is 0.0392. The molecule has 1 aliphatic heterocycles. The number of nitrogens with zero attached hydrogens (tertiary/aromatic N) is 2. The van der Waals surface area contributed by atoms with Gasteiger partial charge in [-0.15, -0.1) is 0 Å². The van der Waals surface area contributed by atoms with E-state index in [0.29, 0.717) is 24.5 Å². The van der Waals surface area contributed by atoms with Crippen LogP contribution in [0.2, 0.25) is 0 Å². The molecule has 0 spiro atoms. The first-order valence-electron chi connectivity index (χ1n) is 10.5. The van der Waals surface area contributed by atoms with Gasteiger partial charge in [0, 0.05) is 24.7 Å². The van der Waals surface area contributed by atoms with Gasteiger partial charge in [-0.3, -0.25) is 4.79 Å². The molecule has 0 unspecified atom stereocenters. The Morgan fingerprint density at radius 2 is 1.86 bits per heavy atom. The summed E-state index contributed by atoms with van der Waals surface area (Å²) in [6.07, 6.45) is 4.47. The molecule has 2 aliphatic rings. The molecule has 2 amide bonds. The number of alkyl carbamates (subject to hydrolysis) is 1. The van der Waals surface area contributed by atoms with Gasteiger partial charge in [0.1, 0.15) is 12.6 Å². The Hall–Kier alpha value is -2.08. The van der Waals surface area contributed by atoms with Crippen molar-refractivity contribution in [3.8, 4) is 0 Å². The first-order valence-corrected chi connectivity index (χ1v) is 10.5. The van der Waals surface area contributed by atoms with Crippen LogP contribution in [-0.2, 0) is 16.1 Å². The fourth-order valence-electron chi connectivity index (χ4n) is 4.30. The van der Waals surface area contributed by atoms with Gasteiger partial charge < -0.3 is 19.9 Å². The third-order valence-corrected chi connectivity index (χ3v) is 6.24. The van der Waals surface area contributed by atoms with Crippen molar-refractivity contribution in [2.45, 2.75) is 76.7 Å². The lowest BCUT2D eigenvalue weighted by atomic mass is 9.89. The fraction of sp³-hybridized carbons (Fsp3) is 0.636. The first-order chi connectivity index (χ1) is 13.5. The van der Waals surface area contributed by atoms with Gasteiger partial charge in [0.2, 0.25) is 5.91 Å². The third-order valence-electron chi connectivity index (χ3n) is 6.24. The molecule has 0 aromatic heterocycles. The molecule has 3 rings (SSSR count). The SMILES string of the molecule is CC(C)N(C)[C@H]1CC[C@@H](N2CC[C@H](NC(=O)OCc3ccccc3)C2=O)CC1. The minimum absolute atomic E-state index is 0.0392. The average Bonchev–Trinajstić information content (AvgIpc) is 3.07. The number of benzene rings is 1. The van der Waals surface area contributed by atoms with E-state index < -0.39 is 12.1 Å². The lowest BCUT2D eigenvalue weighted by Gasteiger charge is -2.39. The summed E-state index contributed by atoms with van der Waals surface area (Å²) in [5.41, 5.74) is 0.931. The standard InChI is InChI=1S/C22H33N3O3/c1-16(2)24(3)18-9-11-19(12-10-18)25-14-13-20(21(25)26)23-22(27)28-15-17-7-5-4-6-8-17/h4-8,16,18-20H,9-15H2,1-3H3,(H,23,27)/t18-,19+,20-/m0/s1. The molecule has 28 heavy (non-hydrogen) atoms. The van der Waals surface area contributed by atoms with E-state index in [4.69, 9.17) is 4.74 Å². The van der Waals surface area contributed by atoms with Crippen LogP contribution in [0.1, 0.15) is 51.5 Å². The van der Waals surface area contributed by atoms with Crippen molar-refractivity contribution in [3.63, 3.8) is 0 Å². The molecular formula is C22H33N3O3. The number of ether oxygens (including phenoxy) is 1. The topological polar surface area (TPSA) is 61.9 Å². The van der Waals surface area contributed by atoms with Crippen LogP contribution in [0.5, 0.6) is 0 Å². The molecule has 1 saturated carbocycles. The molecular weight excluding hydrogens is 354 g/mol. The monoisotopic (exact) mass is 387 g/mol. The van der Waals surface area contributed by atoms with Crippen LogP contribution in [-0.4, -0.2) is 59.6 Å². The van der Waals surface area contributed by atoms with Gasteiger partial charge in [-0.1, -0.05) is 30.3 Å². The number of hydrogen-bond donors (Lipinski definition) is 1. The second-order valence-electron chi connectivity index (χ2n) is 8.30. The van der Waals surface area contributed by atoms with E-state index in [-0.39, 0.29) is 12.5 Å². The highest BCUT2D eigenvalue weighted by Crippen LogP contribution is 2.29. The second kappa shape index (κ2) is 9.41. The number of likely N-dealkylation sites (tertiary alicyclic amines) is 1. The summed E-state index contributed by atoms with van der Waals surface area (Å²) in [7, 11) is 2.19. The smallest absolute Gasteiger partial charge is 0.408 e. The van der Waals surface area contributed by atoms with Crippen molar-refractivity contribution in [2.24, 2.45) is 0 Å². The average molecular weight is 388 g/mol. The van der Waals surface area contributed by atoms with E-state index in [1.165, 1.54) is 0 Å². The molecule has 1 aromatic rings. The van der Waals surface area contributed by atoms with E-state index in [1.54, 1.807) is 0 Å². The molecule has 1 N–H and O–H groups in total. The van der Waals surface area contributed by atoms with E-state index >= 15 is 0 Å². The van der Waals surface area contributed by atoms with Gasteiger partial charge in [-0.2, -0.15) is 0 Å². The van der Waals surface area contributed by atoms with Crippen LogP contribution in [0, 0.1) is 0 Å². The Bertz CT molecular complexity index is 656. The summed E-state index contributed by atoms with van der Waals surface area (Å²) in [5, 5.41) is 2.75. The molecule has 1 saturated heterocycles. The van der Waals surface area contributed by atoms with Crippen molar-refractivity contribution in [1.29, 1.82) is 0 Å². The van der Waals surface area contributed by atoms with Crippen molar-refractivity contribution in [2.75, 3.05) is 13.6 Å². The van der Waals surface area contributed by atoms with Crippen molar-refractivity contribution >= 4 is 12.0 Å². The summed E-state index contributed by atoms with van der Waals surface area (Å²) < 4.78 is 5.26. The van der Waals surface area contributed by atoms with E-state index in [9.17, 15) is 9.59 Å². The highest BCUT2D eigenvalue weighted by atomic mass is 16.5. The highest BCUT2D eigenvalue weighted by molar-refractivity contribution is 5.87. The summed E-state index contributed by atoms with van der Waals surface area (Å²) in [6.45, 7) is 5.38. The quantitative estimate of drug-likeness (QED) is 0.814. The Labute approximate surface area is 168 Å². The maximum atomic E-state index is 12.8. The van der Waals surface area contributed by atoms with Gasteiger partial charge in [-0.05, 0) is 58.6 Å². The fourth-order valence-corrected chi connectivity index (χ4v) is 4.30. The molecule has 0 bridgehead atoms. The van der Waals surface area contributed by atoms with Gasteiger partial charge in [0.15, 0.2) is 0 Å². The summed E-state index contributed by atoms with van der Waals surface area (Å²) in [4.78, 5) is 29.3. The molecule has 1 aromatic carbocycles. The molecule has 0 radical (unpaired) electrons. The number of hydrogen-bond acceptors (Lipinski definition) is 4. The molecule has 6 heteroatoms. The Morgan fingerprint density at radius 3 is 2.50 bits per heavy atom. The zero-order valence-electron chi connectivity index (χ0n) is 17.3. The maximum Gasteiger partial charge on any atom is 0.408 e. The molecule has 154 valence electrons. The van der Waals surface area contributed by atoms with Gasteiger partial charge in [0.25, 0.3) is 0 Å². The number of amides is 2. The Balaban J connectivity index is 1.44. The number of carbonyl (C=O) groups is 2. The molecule has 1 aliphatic carbocycles. The molecule has 6 nitrogen and oxygen atoms in total.